The first-order valence-electron chi connectivity index (χ1n) is 10.3. The van der Waals surface area contributed by atoms with Crippen molar-refractivity contribution in [3.63, 3.8) is 0 Å². The number of aliphatic carboxylic acids is 2. The maximum atomic E-state index is 12.9. The van der Waals surface area contributed by atoms with Crippen molar-refractivity contribution in [1.82, 2.24) is 0 Å². The van der Waals surface area contributed by atoms with Crippen molar-refractivity contribution in [3.8, 4) is 23.0 Å². The third kappa shape index (κ3) is 5.68. The number of benzene rings is 2. The fourth-order valence-corrected chi connectivity index (χ4v) is 4.73. The van der Waals surface area contributed by atoms with Crippen LogP contribution in [0.15, 0.2) is 35.7 Å². The third-order valence-electron chi connectivity index (χ3n) is 5.55. The molecule has 0 aliphatic rings. The van der Waals surface area contributed by atoms with E-state index in [0.29, 0.717) is 22.8 Å². The first kappa shape index (κ1) is 27.5. The number of rotatable bonds is 12. The van der Waals surface area contributed by atoms with Gasteiger partial charge in [-0.15, -0.1) is 0 Å². The summed E-state index contributed by atoms with van der Waals surface area (Å²) in [6.45, 7) is 1.42. The topological polar surface area (TPSA) is 146 Å². The maximum Gasteiger partial charge on any atom is 0.325 e. The molecule has 2 N–H and O–H groups in total. The van der Waals surface area contributed by atoms with Gasteiger partial charge in [0, 0.05) is 23.1 Å². The summed E-state index contributed by atoms with van der Waals surface area (Å²) in [5, 5.41) is 20.5. The molecule has 2 aromatic rings. The lowest BCUT2D eigenvalue weighted by Crippen LogP contribution is -2.43. The zero-order valence-electron chi connectivity index (χ0n) is 20.0. The average Bonchev–Trinajstić information content (AvgIpc) is 2.82. The zero-order chi connectivity index (χ0) is 26.4. The number of hydrogen-bond acceptors (Lipinski definition) is 8. The molecule has 2 aromatic carbocycles. The second-order valence-corrected chi connectivity index (χ2v) is 9.35. The van der Waals surface area contributed by atoms with Crippen LogP contribution in [0.5, 0.6) is 23.0 Å². The smallest absolute Gasteiger partial charge is 0.325 e. The molecule has 0 aromatic heterocycles. The molecule has 0 amide bonds. The molecule has 0 unspecified atom stereocenters. The highest BCUT2D eigenvalue weighted by atomic mass is 32.2. The molecule has 0 bridgehead atoms. The Labute approximate surface area is 203 Å². The van der Waals surface area contributed by atoms with Gasteiger partial charge in [-0.2, -0.15) is 0 Å². The largest absolute Gasteiger partial charge is 0.496 e. The molecular formula is C24H28O10S. The van der Waals surface area contributed by atoms with Gasteiger partial charge >= 0.3 is 11.9 Å². The molecule has 0 aliphatic heterocycles. The van der Waals surface area contributed by atoms with Crippen molar-refractivity contribution in [3.05, 3.63) is 52.4 Å². The number of methoxy groups -OCH3 is 4. The Balaban J connectivity index is 2.52. The molecule has 10 nitrogen and oxygen atoms in total. The van der Waals surface area contributed by atoms with Crippen LogP contribution in [0.25, 0.3) is 6.08 Å². The van der Waals surface area contributed by atoms with E-state index < -0.39 is 32.9 Å². The van der Waals surface area contributed by atoms with Crippen LogP contribution in [-0.2, 0) is 30.6 Å². The lowest BCUT2D eigenvalue weighted by molar-refractivity contribution is -0.158. The molecule has 35 heavy (non-hydrogen) atoms. The second kappa shape index (κ2) is 11.1. The summed E-state index contributed by atoms with van der Waals surface area (Å²) in [5.74, 6) is -2.53. The molecule has 0 radical (unpaired) electrons. The maximum absolute atomic E-state index is 12.9. The average molecular weight is 509 g/mol. The normalized spacial score (nSPS) is 11.8. The zero-order valence-corrected chi connectivity index (χ0v) is 20.8. The fourth-order valence-electron chi connectivity index (χ4n) is 3.64. The van der Waals surface area contributed by atoms with Gasteiger partial charge < -0.3 is 29.2 Å². The van der Waals surface area contributed by atoms with Gasteiger partial charge in [-0.25, -0.2) is 8.42 Å². The monoisotopic (exact) mass is 508 g/mol. The Morgan fingerprint density at radius 3 is 1.86 bits per heavy atom. The van der Waals surface area contributed by atoms with Gasteiger partial charge in [0.2, 0.25) is 0 Å². The van der Waals surface area contributed by atoms with E-state index in [1.165, 1.54) is 59.6 Å². The van der Waals surface area contributed by atoms with E-state index in [4.69, 9.17) is 18.9 Å². The minimum absolute atomic E-state index is 0.0287. The molecule has 0 spiro atoms. The summed E-state index contributed by atoms with van der Waals surface area (Å²) in [6, 6.07) is 7.19. The summed E-state index contributed by atoms with van der Waals surface area (Å²) in [4.78, 5) is 24.0. The van der Waals surface area contributed by atoms with E-state index in [2.05, 4.69) is 0 Å². The molecule has 0 saturated heterocycles. The van der Waals surface area contributed by atoms with Crippen LogP contribution in [0.1, 0.15) is 30.0 Å². The molecule has 0 atom stereocenters. The molecule has 0 aliphatic carbocycles. The molecule has 190 valence electrons. The van der Waals surface area contributed by atoms with Crippen molar-refractivity contribution >= 4 is 27.9 Å². The van der Waals surface area contributed by atoms with E-state index >= 15 is 0 Å². The molecule has 2 rings (SSSR count). The van der Waals surface area contributed by atoms with Crippen LogP contribution in [-0.4, -0.2) is 59.0 Å². The number of hydrogen-bond donors (Lipinski definition) is 2. The third-order valence-corrected chi connectivity index (χ3v) is 6.83. The number of sulfone groups is 1. The second-order valence-electron chi connectivity index (χ2n) is 7.46. The van der Waals surface area contributed by atoms with Crippen molar-refractivity contribution < 1.29 is 47.2 Å². The van der Waals surface area contributed by atoms with E-state index in [0.717, 1.165) is 5.41 Å². The van der Waals surface area contributed by atoms with Crippen LogP contribution in [0, 0.1) is 0 Å². The summed E-state index contributed by atoms with van der Waals surface area (Å²) >= 11 is 0. The Bertz CT molecular complexity index is 1190. The van der Waals surface area contributed by atoms with Crippen molar-refractivity contribution in [2.75, 3.05) is 28.4 Å². The van der Waals surface area contributed by atoms with Gasteiger partial charge in [0.15, 0.2) is 15.3 Å². The van der Waals surface area contributed by atoms with Crippen molar-refractivity contribution in [1.29, 1.82) is 0 Å². The fraction of sp³-hybridized carbons (Fsp3) is 0.333. The molecule has 11 heteroatoms. The lowest BCUT2D eigenvalue weighted by atomic mass is 9.77. The number of ether oxygens (including phenoxy) is 4. The van der Waals surface area contributed by atoms with E-state index in [9.17, 15) is 28.2 Å². The van der Waals surface area contributed by atoms with Gasteiger partial charge in [0.05, 0.1) is 39.8 Å². The Morgan fingerprint density at radius 1 is 0.886 bits per heavy atom. The van der Waals surface area contributed by atoms with Crippen LogP contribution >= 0.6 is 0 Å². The highest BCUT2D eigenvalue weighted by Crippen LogP contribution is 2.38. The van der Waals surface area contributed by atoms with Crippen LogP contribution < -0.4 is 18.9 Å². The Morgan fingerprint density at radius 2 is 1.43 bits per heavy atom. The van der Waals surface area contributed by atoms with Crippen LogP contribution in [0.4, 0.5) is 0 Å². The predicted octanol–water partition coefficient (Wildman–Crippen LogP) is 3.12. The van der Waals surface area contributed by atoms with Gasteiger partial charge in [0.1, 0.15) is 23.0 Å². The van der Waals surface area contributed by atoms with Crippen molar-refractivity contribution in [2.45, 2.75) is 24.5 Å². The molecule has 0 fully saturated rings. The standard InChI is InChI=1S/C24H28O10S/c1-6-24(22(25)26,23(27)28)18-11-15(7-8-19(18)32-3)14-35(29,30)10-9-17-20(33-4)12-16(31-2)13-21(17)34-5/h7-13H,6,14H2,1-5H3,(H,25,26)(H,27,28)/b10-9+. The first-order chi connectivity index (χ1) is 16.5. The van der Waals surface area contributed by atoms with Gasteiger partial charge in [0.25, 0.3) is 0 Å². The first-order valence-corrected chi connectivity index (χ1v) is 12.1. The van der Waals surface area contributed by atoms with E-state index in [-0.39, 0.29) is 23.3 Å². The van der Waals surface area contributed by atoms with Crippen LogP contribution in [0.3, 0.4) is 0 Å². The van der Waals surface area contributed by atoms with Crippen LogP contribution in [0.2, 0.25) is 0 Å². The quantitative estimate of drug-likeness (QED) is 0.410. The number of carbonyl (C=O) groups is 2. The van der Waals surface area contributed by atoms with E-state index in [1.54, 1.807) is 12.1 Å². The highest BCUT2D eigenvalue weighted by Gasteiger charge is 2.48. The molecule has 0 saturated carbocycles. The predicted molar refractivity (Wildman–Crippen MR) is 128 cm³/mol. The molecular weight excluding hydrogens is 480 g/mol. The van der Waals surface area contributed by atoms with E-state index in [1.807, 2.05) is 0 Å². The Hall–Kier alpha value is -3.73. The summed E-state index contributed by atoms with van der Waals surface area (Å²) < 4.78 is 46.8. The van der Waals surface area contributed by atoms with Gasteiger partial charge in [-0.05, 0) is 30.2 Å². The minimum atomic E-state index is -3.89. The minimum Gasteiger partial charge on any atom is -0.496 e. The molecule has 0 heterocycles. The summed E-state index contributed by atoms with van der Waals surface area (Å²) in [7, 11) is 1.70. The van der Waals surface area contributed by atoms with Crippen molar-refractivity contribution in [2.24, 2.45) is 0 Å². The van der Waals surface area contributed by atoms with Gasteiger partial charge in [-0.1, -0.05) is 13.0 Å². The number of carboxylic acid groups (broad SMARTS) is 2. The Kier molecular flexibility index (Phi) is 8.75. The summed E-state index contributed by atoms with van der Waals surface area (Å²) in [6.07, 6.45) is 1.04. The SMILES string of the molecule is CCC(C(=O)O)(C(=O)O)c1cc(CS(=O)(=O)/C=C/c2c(OC)cc(OC)cc2OC)ccc1OC. The number of carboxylic acids is 2. The lowest BCUT2D eigenvalue weighted by Gasteiger charge is -2.26. The highest BCUT2D eigenvalue weighted by molar-refractivity contribution is 7.93. The van der Waals surface area contributed by atoms with Gasteiger partial charge in [-0.3, -0.25) is 9.59 Å². The summed E-state index contributed by atoms with van der Waals surface area (Å²) in [5.41, 5.74) is -1.88.